The first-order valence-corrected chi connectivity index (χ1v) is 6.72. The highest BCUT2D eigenvalue weighted by Crippen LogP contribution is 2.23. The second kappa shape index (κ2) is 7.17. The average molecular weight is 277 g/mol. The maximum Gasteiger partial charge on any atom is 0.394 e. The average Bonchev–Trinajstić information content (AvgIpc) is 2.49. The lowest BCUT2D eigenvalue weighted by Crippen LogP contribution is -2.56. The number of nitrogens with zero attached hydrogens (tertiary/aromatic N) is 3. The zero-order valence-corrected chi connectivity index (χ0v) is 11.7. The molecule has 1 fully saturated rings. The van der Waals surface area contributed by atoms with Crippen molar-refractivity contribution in [3.05, 3.63) is 35.9 Å². The van der Waals surface area contributed by atoms with Crippen LogP contribution in [0.4, 0.5) is 5.69 Å². The van der Waals surface area contributed by atoms with E-state index in [0.29, 0.717) is 25.7 Å². The first kappa shape index (κ1) is 14.7. The van der Waals surface area contributed by atoms with Crippen LogP contribution in [0, 0.1) is 0 Å². The molecule has 0 bridgehead atoms. The van der Waals surface area contributed by atoms with E-state index in [1.165, 1.54) is 0 Å². The minimum absolute atomic E-state index is 0.294. The number of hydrogen-bond acceptors (Lipinski definition) is 3. The molecule has 1 aromatic carbocycles. The zero-order valence-electron chi connectivity index (χ0n) is 11.7. The van der Waals surface area contributed by atoms with E-state index in [0.717, 1.165) is 5.69 Å². The summed E-state index contributed by atoms with van der Waals surface area (Å²) in [6.45, 7) is 5.11. The SMILES string of the molecule is CCOC1OCC(OCC)N(c2ccccc2)C1=[N+]=[N-]. The van der Waals surface area contributed by atoms with Crippen LogP contribution in [0.3, 0.4) is 0 Å². The lowest BCUT2D eigenvalue weighted by molar-refractivity contribution is -0.164. The summed E-state index contributed by atoms with van der Waals surface area (Å²) in [5.41, 5.74) is 10.2. The van der Waals surface area contributed by atoms with E-state index in [1.54, 1.807) is 4.90 Å². The topological polar surface area (TPSA) is 67.3 Å². The number of para-hydroxylation sites is 1. The molecule has 1 saturated heterocycles. The van der Waals surface area contributed by atoms with Gasteiger partial charge in [0.1, 0.15) is 12.3 Å². The molecule has 0 radical (unpaired) electrons. The van der Waals surface area contributed by atoms with Crippen LogP contribution in [-0.4, -0.2) is 43.0 Å². The van der Waals surface area contributed by atoms with Crippen molar-refractivity contribution < 1.29 is 19.0 Å². The molecular formula is C14H19N3O3. The Morgan fingerprint density at radius 1 is 1.25 bits per heavy atom. The highest BCUT2D eigenvalue weighted by atomic mass is 16.7. The fourth-order valence-corrected chi connectivity index (χ4v) is 2.15. The quantitative estimate of drug-likeness (QED) is 0.608. The summed E-state index contributed by atoms with van der Waals surface area (Å²) in [5, 5.41) is 0. The molecule has 2 rings (SSSR count). The number of rotatable bonds is 5. The lowest BCUT2D eigenvalue weighted by Gasteiger charge is -2.33. The van der Waals surface area contributed by atoms with Gasteiger partial charge in [-0.1, -0.05) is 18.2 Å². The Hall–Kier alpha value is -1.72. The second-order valence-corrected chi connectivity index (χ2v) is 4.19. The molecule has 108 valence electrons. The Labute approximate surface area is 118 Å². The van der Waals surface area contributed by atoms with Crippen molar-refractivity contribution in [1.82, 2.24) is 0 Å². The van der Waals surface area contributed by atoms with Crippen LogP contribution < -0.4 is 4.90 Å². The predicted molar refractivity (Wildman–Crippen MR) is 74.3 cm³/mol. The van der Waals surface area contributed by atoms with E-state index >= 15 is 0 Å². The molecule has 1 aromatic rings. The summed E-state index contributed by atoms with van der Waals surface area (Å²) < 4.78 is 16.7. The molecule has 0 N–H and O–H groups in total. The minimum atomic E-state index is -0.693. The molecule has 1 heterocycles. The Morgan fingerprint density at radius 2 is 1.95 bits per heavy atom. The first-order chi connectivity index (χ1) is 9.81. The fraction of sp³-hybridized carbons (Fsp3) is 0.500. The molecule has 6 nitrogen and oxygen atoms in total. The van der Waals surface area contributed by atoms with Crippen molar-refractivity contribution in [2.45, 2.75) is 26.4 Å². The van der Waals surface area contributed by atoms with Gasteiger partial charge < -0.3 is 24.5 Å². The monoisotopic (exact) mass is 277 g/mol. The van der Waals surface area contributed by atoms with Gasteiger partial charge in [0, 0.05) is 13.2 Å². The van der Waals surface area contributed by atoms with E-state index < -0.39 is 6.29 Å². The predicted octanol–water partition coefficient (Wildman–Crippen LogP) is 1.88. The van der Waals surface area contributed by atoms with Gasteiger partial charge in [0.05, 0.1) is 0 Å². The van der Waals surface area contributed by atoms with Gasteiger partial charge in [0.25, 0.3) is 6.29 Å². The van der Waals surface area contributed by atoms with Crippen LogP contribution in [0.1, 0.15) is 13.8 Å². The Balaban J connectivity index is 2.34. The molecule has 0 saturated carbocycles. The number of hydrogen-bond donors (Lipinski definition) is 0. The highest BCUT2D eigenvalue weighted by molar-refractivity contribution is 5.97. The molecule has 2 atom stereocenters. The summed E-state index contributed by atoms with van der Waals surface area (Å²) in [6.07, 6.45) is -1.04. The van der Waals surface area contributed by atoms with Crippen molar-refractivity contribution in [3.63, 3.8) is 0 Å². The minimum Gasteiger partial charge on any atom is -0.497 e. The van der Waals surface area contributed by atoms with Gasteiger partial charge in [-0.3, -0.25) is 0 Å². The maximum atomic E-state index is 9.34. The van der Waals surface area contributed by atoms with Crippen LogP contribution in [0.2, 0.25) is 0 Å². The van der Waals surface area contributed by atoms with E-state index in [1.807, 2.05) is 44.2 Å². The van der Waals surface area contributed by atoms with Gasteiger partial charge >= 0.3 is 5.84 Å². The first-order valence-electron chi connectivity index (χ1n) is 6.72. The van der Waals surface area contributed by atoms with Crippen molar-refractivity contribution in [2.75, 3.05) is 24.7 Å². The van der Waals surface area contributed by atoms with E-state index in [-0.39, 0.29) is 6.23 Å². The maximum absolute atomic E-state index is 9.34. The molecule has 0 aliphatic carbocycles. The number of anilines is 1. The molecule has 6 heteroatoms. The summed E-state index contributed by atoms with van der Waals surface area (Å²) in [4.78, 5) is 5.15. The van der Waals surface area contributed by atoms with Crippen LogP contribution in [0.15, 0.2) is 30.3 Å². The van der Waals surface area contributed by atoms with Gasteiger partial charge in [0.2, 0.25) is 6.23 Å². The normalized spacial score (nSPS) is 22.7. The standard InChI is InChI=1S/C14H19N3O3/c1-3-18-12-10-20-14(19-4-2)13(16-15)17(12)11-8-6-5-7-9-11/h5-9,12,14H,3-4,10H2,1-2H3. The van der Waals surface area contributed by atoms with Crippen molar-refractivity contribution in [1.29, 1.82) is 0 Å². The summed E-state index contributed by atoms with van der Waals surface area (Å²) in [7, 11) is 0. The molecule has 2 unspecified atom stereocenters. The van der Waals surface area contributed by atoms with Gasteiger partial charge in [-0.15, -0.1) is 0 Å². The third-order valence-electron chi connectivity index (χ3n) is 2.95. The molecule has 0 spiro atoms. The van der Waals surface area contributed by atoms with Gasteiger partial charge in [-0.05, 0) is 26.0 Å². The van der Waals surface area contributed by atoms with Gasteiger partial charge in [0.15, 0.2) is 0 Å². The number of ether oxygens (including phenoxy) is 3. The summed E-state index contributed by atoms with van der Waals surface area (Å²) in [5.74, 6) is 0.294. The largest absolute Gasteiger partial charge is 0.497 e. The van der Waals surface area contributed by atoms with E-state index in [2.05, 4.69) is 4.79 Å². The van der Waals surface area contributed by atoms with Crippen molar-refractivity contribution in [2.24, 2.45) is 0 Å². The fourth-order valence-electron chi connectivity index (χ4n) is 2.15. The van der Waals surface area contributed by atoms with E-state index in [4.69, 9.17) is 14.2 Å². The molecular weight excluding hydrogens is 258 g/mol. The van der Waals surface area contributed by atoms with Crippen molar-refractivity contribution in [3.8, 4) is 0 Å². The smallest absolute Gasteiger partial charge is 0.394 e. The molecule has 20 heavy (non-hydrogen) atoms. The number of amidine groups is 1. The summed E-state index contributed by atoms with van der Waals surface area (Å²) >= 11 is 0. The Bertz CT molecular complexity index is 474. The van der Waals surface area contributed by atoms with Crippen LogP contribution in [-0.2, 0) is 14.2 Å². The number of benzene rings is 1. The third-order valence-corrected chi connectivity index (χ3v) is 2.95. The zero-order chi connectivity index (χ0) is 14.4. The second-order valence-electron chi connectivity index (χ2n) is 4.19. The summed E-state index contributed by atoms with van der Waals surface area (Å²) in [6, 6.07) is 9.60. The third kappa shape index (κ3) is 3.05. The Morgan fingerprint density at radius 3 is 2.55 bits per heavy atom. The lowest BCUT2D eigenvalue weighted by atomic mass is 10.2. The molecule has 1 aliphatic rings. The molecule has 0 aromatic heterocycles. The Kier molecular flexibility index (Phi) is 5.26. The van der Waals surface area contributed by atoms with Gasteiger partial charge in [-0.25, -0.2) is 0 Å². The molecule has 1 aliphatic heterocycles. The van der Waals surface area contributed by atoms with Gasteiger partial charge in [-0.2, -0.15) is 4.90 Å². The van der Waals surface area contributed by atoms with Crippen molar-refractivity contribution >= 4 is 11.5 Å². The van der Waals surface area contributed by atoms with Crippen LogP contribution in [0.25, 0.3) is 5.53 Å². The van der Waals surface area contributed by atoms with Crippen LogP contribution in [0.5, 0.6) is 0 Å². The van der Waals surface area contributed by atoms with Crippen LogP contribution >= 0.6 is 0 Å². The highest BCUT2D eigenvalue weighted by Gasteiger charge is 2.44. The molecule has 0 amide bonds. The van der Waals surface area contributed by atoms with E-state index in [9.17, 15) is 5.53 Å². The number of morpholine rings is 1.